The van der Waals surface area contributed by atoms with E-state index in [9.17, 15) is 5.11 Å². The third kappa shape index (κ3) is 4.07. The van der Waals surface area contributed by atoms with Gasteiger partial charge in [-0.25, -0.2) is 19.9 Å². The minimum Gasteiger partial charge on any atom is -0.378 e. The van der Waals surface area contributed by atoms with E-state index >= 15 is 0 Å². The Morgan fingerprint density at radius 1 is 1.25 bits per heavy atom. The Morgan fingerprint density at radius 2 is 2.12 bits per heavy atom. The number of aliphatic hydroxyl groups is 1. The van der Waals surface area contributed by atoms with Crippen molar-refractivity contribution in [1.29, 1.82) is 5.26 Å². The van der Waals surface area contributed by atoms with Crippen LogP contribution < -0.4 is 5.32 Å². The number of rotatable bonds is 7. The van der Waals surface area contributed by atoms with Gasteiger partial charge in [0.1, 0.15) is 29.5 Å². The van der Waals surface area contributed by atoms with E-state index in [1.54, 1.807) is 12.4 Å². The van der Waals surface area contributed by atoms with Crippen molar-refractivity contribution in [2.24, 2.45) is 5.92 Å². The fourth-order valence-electron chi connectivity index (χ4n) is 4.80. The molecule has 164 valence electrons. The molecule has 4 aromatic heterocycles. The third-order valence-electron chi connectivity index (χ3n) is 6.41. The predicted molar refractivity (Wildman–Crippen MR) is 119 cm³/mol. The van der Waals surface area contributed by atoms with Crippen LogP contribution in [0.3, 0.4) is 0 Å². The molecule has 3 N–H and O–H groups in total. The lowest BCUT2D eigenvalue weighted by Gasteiger charge is -2.30. The van der Waals surface area contributed by atoms with Gasteiger partial charge in [-0.05, 0) is 43.7 Å². The highest BCUT2D eigenvalue weighted by atomic mass is 16.3. The summed E-state index contributed by atoms with van der Waals surface area (Å²) in [5.41, 5.74) is 3.57. The molecule has 0 spiro atoms. The third-order valence-corrected chi connectivity index (χ3v) is 6.41. The van der Waals surface area contributed by atoms with E-state index in [0.29, 0.717) is 31.3 Å². The first-order valence-electron chi connectivity index (χ1n) is 11.1. The number of fused-ring (bicyclic) bond motifs is 3. The van der Waals surface area contributed by atoms with E-state index in [0.717, 1.165) is 59.3 Å². The number of nitrogens with one attached hydrogen (secondary N) is 2. The number of hydrogen-bond acceptors (Lipinski definition) is 7. The maximum atomic E-state index is 10.7. The molecule has 1 aliphatic carbocycles. The van der Waals surface area contributed by atoms with Crippen molar-refractivity contribution in [1.82, 2.24) is 34.8 Å². The Balaban J connectivity index is 1.44. The maximum absolute atomic E-state index is 10.7. The molecule has 0 saturated heterocycles. The molecular formula is C23H26N8O. The van der Waals surface area contributed by atoms with Crippen LogP contribution in [0.5, 0.6) is 0 Å². The van der Waals surface area contributed by atoms with Gasteiger partial charge in [-0.15, -0.1) is 0 Å². The number of nitriles is 1. The summed E-state index contributed by atoms with van der Waals surface area (Å²) in [6.07, 6.45) is 11.2. The van der Waals surface area contributed by atoms with E-state index in [1.165, 1.54) is 6.33 Å². The lowest BCUT2D eigenvalue weighted by Crippen LogP contribution is -2.32. The fraction of sp³-hybridized carbons (Fsp3) is 0.435. The van der Waals surface area contributed by atoms with Gasteiger partial charge >= 0.3 is 0 Å². The first kappa shape index (κ1) is 20.5. The first-order chi connectivity index (χ1) is 15.7. The lowest BCUT2D eigenvalue weighted by atomic mass is 9.84. The molecule has 1 atom stereocenters. The Bertz CT molecular complexity index is 1230. The zero-order chi connectivity index (χ0) is 21.9. The molecule has 0 aliphatic heterocycles. The summed E-state index contributed by atoms with van der Waals surface area (Å²) in [5.74, 6) is 1.32. The summed E-state index contributed by atoms with van der Waals surface area (Å²) in [6, 6.07) is 6.47. The van der Waals surface area contributed by atoms with Crippen LogP contribution in [0.1, 0.15) is 49.7 Å². The molecule has 9 heteroatoms. The molecule has 1 unspecified atom stereocenters. The lowest BCUT2D eigenvalue weighted by molar-refractivity contribution is 0.130. The number of aromatic nitrogens is 6. The molecule has 1 saturated carbocycles. The molecule has 0 aromatic carbocycles. The zero-order valence-electron chi connectivity index (χ0n) is 17.8. The minimum absolute atomic E-state index is 0.291. The maximum Gasteiger partial charge on any atom is 0.139 e. The molecule has 4 aromatic rings. The van der Waals surface area contributed by atoms with Crippen LogP contribution in [0.4, 0.5) is 0 Å². The van der Waals surface area contributed by atoms with Crippen molar-refractivity contribution in [2.45, 2.75) is 57.3 Å². The SMILES string of the molecule is N#CC[C@H]1CC[C@H](n2c(CC(O)NCc3ccncn3)nc3cnc4[nH]ccc4c32)CC1. The number of pyridine rings is 1. The summed E-state index contributed by atoms with van der Waals surface area (Å²) in [4.78, 5) is 20.7. The van der Waals surface area contributed by atoms with Crippen LogP contribution in [-0.2, 0) is 13.0 Å². The van der Waals surface area contributed by atoms with Crippen LogP contribution in [0.2, 0.25) is 0 Å². The molecule has 0 amide bonds. The molecule has 1 fully saturated rings. The van der Waals surface area contributed by atoms with Crippen LogP contribution in [0.25, 0.3) is 22.1 Å². The van der Waals surface area contributed by atoms with Crippen molar-refractivity contribution in [2.75, 3.05) is 0 Å². The molecule has 4 heterocycles. The Kier molecular flexibility index (Phi) is 5.79. The quantitative estimate of drug-likeness (QED) is 0.384. The smallest absolute Gasteiger partial charge is 0.139 e. The molecule has 32 heavy (non-hydrogen) atoms. The van der Waals surface area contributed by atoms with Gasteiger partial charge in [0.25, 0.3) is 0 Å². The number of H-pyrrole nitrogens is 1. The molecule has 0 bridgehead atoms. The van der Waals surface area contributed by atoms with E-state index in [4.69, 9.17) is 10.2 Å². The van der Waals surface area contributed by atoms with E-state index < -0.39 is 6.23 Å². The Morgan fingerprint density at radius 3 is 2.91 bits per heavy atom. The standard InChI is InChI=1S/C23H26N8O/c24-8-5-15-1-3-17(4-2-15)31-20(11-21(32)27-12-16-6-9-25-14-29-16)30-19-13-28-23-18(22(19)31)7-10-26-23/h6-7,9-10,13-15,17,21,27,32H,1-5,11-12H2,(H,26,28)/t15-,17-,21?. The molecule has 5 rings (SSSR count). The molecule has 1 aliphatic rings. The first-order valence-corrected chi connectivity index (χ1v) is 11.1. The summed E-state index contributed by atoms with van der Waals surface area (Å²) in [6.45, 7) is 0.451. The van der Waals surface area contributed by atoms with Crippen molar-refractivity contribution in [3.8, 4) is 6.07 Å². The second-order valence-electron chi connectivity index (χ2n) is 8.47. The Hall–Kier alpha value is -3.35. The van der Waals surface area contributed by atoms with Crippen LogP contribution in [0.15, 0.2) is 37.1 Å². The Labute approximate surface area is 185 Å². The largest absolute Gasteiger partial charge is 0.378 e. The highest BCUT2D eigenvalue weighted by Crippen LogP contribution is 2.38. The summed E-state index contributed by atoms with van der Waals surface area (Å²) >= 11 is 0. The number of aliphatic hydroxyl groups excluding tert-OH is 1. The second-order valence-corrected chi connectivity index (χ2v) is 8.47. The normalized spacial score (nSPS) is 19.9. The van der Waals surface area contributed by atoms with Gasteiger partial charge in [0, 0.05) is 43.2 Å². The molecule has 0 radical (unpaired) electrons. The molecule has 9 nitrogen and oxygen atoms in total. The van der Waals surface area contributed by atoms with Crippen molar-refractivity contribution >= 4 is 22.1 Å². The van der Waals surface area contributed by atoms with E-state index in [-0.39, 0.29) is 0 Å². The summed E-state index contributed by atoms with van der Waals surface area (Å²) < 4.78 is 2.31. The van der Waals surface area contributed by atoms with Gasteiger partial charge in [0.15, 0.2) is 0 Å². The van der Waals surface area contributed by atoms with Gasteiger partial charge in [0.05, 0.1) is 23.5 Å². The van der Waals surface area contributed by atoms with Crippen LogP contribution in [-0.4, -0.2) is 40.8 Å². The van der Waals surface area contributed by atoms with Crippen molar-refractivity contribution in [3.05, 3.63) is 48.6 Å². The number of nitrogens with zero attached hydrogens (tertiary/aromatic N) is 6. The highest BCUT2D eigenvalue weighted by Gasteiger charge is 2.27. The minimum atomic E-state index is -0.759. The number of imidazole rings is 1. The summed E-state index contributed by atoms with van der Waals surface area (Å²) in [7, 11) is 0. The van der Waals surface area contributed by atoms with E-state index in [2.05, 4.69) is 35.9 Å². The van der Waals surface area contributed by atoms with Gasteiger partial charge in [-0.1, -0.05) is 0 Å². The predicted octanol–water partition coefficient (Wildman–Crippen LogP) is 3.00. The number of aromatic amines is 1. The van der Waals surface area contributed by atoms with Gasteiger partial charge < -0.3 is 14.7 Å². The summed E-state index contributed by atoms with van der Waals surface area (Å²) in [5, 5.41) is 24.0. The monoisotopic (exact) mass is 430 g/mol. The second kappa shape index (κ2) is 9.02. The average Bonchev–Trinajstić information content (AvgIpc) is 3.43. The fourth-order valence-corrected chi connectivity index (χ4v) is 4.80. The highest BCUT2D eigenvalue weighted by molar-refractivity contribution is 6.01. The van der Waals surface area contributed by atoms with Crippen LogP contribution in [0, 0.1) is 17.2 Å². The van der Waals surface area contributed by atoms with E-state index in [1.807, 2.05) is 18.3 Å². The zero-order valence-corrected chi connectivity index (χ0v) is 17.8. The number of hydrogen-bond donors (Lipinski definition) is 3. The van der Waals surface area contributed by atoms with Gasteiger partial charge in [-0.2, -0.15) is 5.26 Å². The molecular weight excluding hydrogens is 404 g/mol. The van der Waals surface area contributed by atoms with Crippen molar-refractivity contribution in [3.63, 3.8) is 0 Å². The van der Waals surface area contributed by atoms with Crippen molar-refractivity contribution < 1.29 is 5.11 Å². The topological polar surface area (TPSA) is 128 Å². The van der Waals surface area contributed by atoms with Gasteiger partial charge in [0.2, 0.25) is 0 Å². The van der Waals surface area contributed by atoms with Crippen LogP contribution >= 0.6 is 0 Å². The van der Waals surface area contributed by atoms with Gasteiger partial charge in [-0.3, -0.25) is 5.32 Å². The average molecular weight is 431 g/mol.